The summed E-state index contributed by atoms with van der Waals surface area (Å²) in [6.07, 6.45) is 10.5. The Labute approximate surface area is 206 Å². The summed E-state index contributed by atoms with van der Waals surface area (Å²) in [6.45, 7) is 6.11. The Balaban J connectivity index is 1.72. The molecule has 0 bridgehead atoms. The highest BCUT2D eigenvalue weighted by atomic mass is 16.5. The minimum atomic E-state index is -0.331. The number of nitrogens with zero attached hydrogens (tertiary/aromatic N) is 3. The Bertz CT molecular complexity index is 1260. The van der Waals surface area contributed by atoms with E-state index >= 15 is 0 Å². The topological polar surface area (TPSA) is 79.9 Å². The van der Waals surface area contributed by atoms with Crippen molar-refractivity contribution >= 4 is 12.0 Å². The number of aryl methyl sites for hydroxylation is 1. The lowest BCUT2D eigenvalue weighted by atomic mass is 9.95. The van der Waals surface area contributed by atoms with Crippen LogP contribution < -0.4 is 10.1 Å². The Morgan fingerprint density at radius 1 is 1.23 bits per heavy atom. The van der Waals surface area contributed by atoms with Crippen LogP contribution in [0.2, 0.25) is 0 Å². The predicted molar refractivity (Wildman–Crippen MR) is 138 cm³/mol. The molecule has 35 heavy (non-hydrogen) atoms. The van der Waals surface area contributed by atoms with Crippen LogP contribution in [0.5, 0.6) is 5.75 Å². The number of nitriles is 1. The Morgan fingerprint density at radius 3 is 2.69 bits per heavy atom. The molecule has 4 rings (SSSR count). The number of hydrogen-bond donors (Lipinski definition) is 1. The fraction of sp³-hybridized carbons (Fsp3) is 0.276. The van der Waals surface area contributed by atoms with Crippen LogP contribution in [0.3, 0.4) is 0 Å². The van der Waals surface area contributed by atoms with Crippen molar-refractivity contribution in [1.29, 1.82) is 5.26 Å². The summed E-state index contributed by atoms with van der Waals surface area (Å²) >= 11 is 0. The van der Waals surface area contributed by atoms with Crippen molar-refractivity contribution in [3.8, 4) is 28.8 Å². The first-order valence-corrected chi connectivity index (χ1v) is 12.0. The smallest absolute Gasteiger partial charge is 0.262 e. The normalized spacial score (nSPS) is 14.2. The number of ether oxygens (including phenoxy) is 1. The van der Waals surface area contributed by atoms with Gasteiger partial charge in [-0.1, -0.05) is 50.1 Å². The zero-order chi connectivity index (χ0) is 24.6. The molecule has 1 aliphatic rings. The summed E-state index contributed by atoms with van der Waals surface area (Å²) in [7, 11) is 0. The van der Waals surface area contributed by atoms with E-state index in [0.717, 1.165) is 48.2 Å². The van der Waals surface area contributed by atoms with E-state index < -0.39 is 0 Å². The van der Waals surface area contributed by atoms with Crippen molar-refractivity contribution in [3.63, 3.8) is 0 Å². The van der Waals surface area contributed by atoms with Crippen LogP contribution in [0.1, 0.15) is 43.2 Å². The van der Waals surface area contributed by atoms with Crippen molar-refractivity contribution in [2.75, 3.05) is 6.61 Å². The van der Waals surface area contributed by atoms with Gasteiger partial charge >= 0.3 is 0 Å². The second-order valence-corrected chi connectivity index (χ2v) is 8.77. The fourth-order valence-electron chi connectivity index (χ4n) is 4.38. The zero-order valence-electron chi connectivity index (χ0n) is 20.0. The molecule has 178 valence electrons. The van der Waals surface area contributed by atoms with E-state index in [1.807, 2.05) is 61.7 Å². The monoisotopic (exact) mass is 466 g/mol. The van der Waals surface area contributed by atoms with Crippen molar-refractivity contribution in [1.82, 2.24) is 15.1 Å². The first-order chi connectivity index (χ1) is 17.1. The van der Waals surface area contributed by atoms with E-state index in [1.54, 1.807) is 16.8 Å². The van der Waals surface area contributed by atoms with E-state index in [9.17, 15) is 10.1 Å². The lowest BCUT2D eigenvalue weighted by Gasteiger charge is -2.22. The van der Waals surface area contributed by atoms with E-state index in [1.165, 1.54) is 6.42 Å². The Morgan fingerprint density at radius 2 is 2.00 bits per heavy atom. The van der Waals surface area contributed by atoms with Gasteiger partial charge in [0.2, 0.25) is 0 Å². The maximum absolute atomic E-state index is 12.9. The number of benzene rings is 2. The lowest BCUT2D eigenvalue weighted by Crippen LogP contribution is -2.36. The van der Waals surface area contributed by atoms with Gasteiger partial charge in [0, 0.05) is 23.4 Å². The van der Waals surface area contributed by atoms with Crippen LogP contribution in [0, 0.1) is 18.3 Å². The molecule has 6 nitrogen and oxygen atoms in total. The molecule has 0 unspecified atom stereocenters. The molecule has 0 spiro atoms. The van der Waals surface area contributed by atoms with Crippen LogP contribution in [0.15, 0.2) is 73.0 Å². The van der Waals surface area contributed by atoms with Gasteiger partial charge in [-0.05, 0) is 61.7 Å². The first kappa shape index (κ1) is 24.0. The van der Waals surface area contributed by atoms with E-state index in [4.69, 9.17) is 9.84 Å². The molecule has 6 heteroatoms. The van der Waals surface area contributed by atoms with Crippen LogP contribution >= 0.6 is 0 Å². The van der Waals surface area contributed by atoms with E-state index in [0.29, 0.717) is 17.9 Å². The number of amides is 1. The van der Waals surface area contributed by atoms with Crippen LogP contribution in [0.4, 0.5) is 0 Å². The van der Waals surface area contributed by atoms with Gasteiger partial charge in [-0.25, -0.2) is 4.68 Å². The predicted octanol–water partition coefficient (Wildman–Crippen LogP) is 5.77. The number of nitrogens with one attached hydrogen (secondary N) is 1. The van der Waals surface area contributed by atoms with Gasteiger partial charge < -0.3 is 10.1 Å². The summed E-state index contributed by atoms with van der Waals surface area (Å²) in [4.78, 5) is 12.9. The molecule has 2 aromatic carbocycles. The third-order valence-electron chi connectivity index (χ3n) is 6.19. The molecule has 0 saturated heterocycles. The molecule has 0 aliphatic heterocycles. The van der Waals surface area contributed by atoms with Crippen LogP contribution in [0.25, 0.3) is 23.0 Å². The second kappa shape index (κ2) is 11.3. The number of carbonyl (C=O) groups excluding carboxylic acids is 1. The molecule has 0 atom stereocenters. The van der Waals surface area contributed by atoms with Gasteiger partial charge in [0.25, 0.3) is 5.91 Å². The summed E-state index contributed by atoms with van der Waals surface area (Å²) < 4.78 is 7.44. The number of hydrogen-bond acceptors (Lipinski definition) is 4. The molecular weight excluding hydrogens is 436 g/mol. The SMILES string of the molecule is C=CCOc1ccc(-c2nn(-c3ccccc3)cc2C=C(C#N)C(=O)NC2CCCCC2)c(C)c1. The quantitative estimate of drug-likeness (QED) is 0.260. The van der Waals surface area contributed by atoms with Crippen molar-refractivity contribution in [2.45, 2.75) is 45.1 Å². The fourth-order valence-corrected chi connectivity index (χ4v) is 4.38. The molecule has 1 aliphatic carbocycles. The number of rotatable bonds is 8. The van der Waals surface area contributed by atoms with Crippen molar-refractivity contribution in [2.24, 2.45) is 0 Å². The molecular formula is C29H30N4O2. The molecule has 1 heterocycles. The summed E-state index contributed by atoms with van der Waals surface area (Å²) in [5.74, 6) is 0.415. The highest BCUT2D eigenvalue weighted by Gasteiger charge is 2.20. The Kier molecular flexibility index (Phi) is 7.79. The number of para-hydroxylation sites is 1. The minimum Gasteiger partial charge on any atom is -0.490 e. The number of carbonyl (C=O) groups is 1. The lowest BCUT2D eigenvalue weighted by molar-refractivity contribution is -0.117. The van der Waals surface area contributed by atoms with Crippen molar-refractivity contribution in [3.05, 3.63) is 84.1 Å². The van der Waals surface area contributed by atoms with Gasteiger partial charge in [-0.2, -0.15) is 10.4 Å². The van der Waals surface area contributed by atoms with Crippen LogP contribution in [-0.2, 0) is 4.79 Å². The van der Waals surface area contributed by atoms with E-state index in [-0.39, 0.29) is 17.5 Å². The average molecular weight is 467 g/mol. The molecule has 1 amide bonds. The van der Waals surface area contributed by atoms with Crippen molar-refractivity contribution < 1.29 is 9.53 Å². The Hall–Kier alpha value is -4.11. The molecule has 1 N–H and O–H groups in total. The standard InChI is InChI=1S/C29H30N4O2/c1-3-16-35-26-14-15-27(21(2)17-26)28-23(20-33(32-28)25-12-8-5-9-13-25)18-22(19-30)29(34)31-24-10-6-4-7-11-24/h3,5,8-9,12-15,17-18,20,24H,1,4,6-7,10-11,16H2,2H3,(H,31,34). The second-order valence-electron chi connectivity index (χ2n) is 8.77. The summed E-state index contributed by atoms with van der Waals surface area (Å²) in [5.41, 5.74) is 4.24. The molecule has 1 saturated carbocycles. The summed E-state index contributed by atoms with van der Waals surface area (Å²) in [5, 5.41) is 17.7. The zero-order valence-corrected chi connectivity index (χ0v) is 20.0. The van der Waals surface area contributed by atoms with Gasteiger partial charge in [0.1, 0.15) is 29.7 Å². The largest absolute Gasteiger partial charge is 0.490 e. The molecule has 1 fully saturated rings. The first-order valence-electron chi connectivity index (χ1n) is 12.0. The molecule has 3 aromatic rings. The summed E-state index contributed by atoms with van der Waals surface area (Å²) in [6, 6.07) is 17.8. The number of aromatic nitrogens is 2. The maximum Gasteiger partial charge on any atom is 0.262 e. The van der Waals surface area contributed by atoms with Gasteiger partial charge in [-0.3, -0.25) is 4.79 Å². The van der Waals surface area contributed by atoms with Gasteiger partial charge in [0.05, 0.1) is 5.69 Å². The minimum absolute atomic E-state index is 0.0769. The third kappa shape index (κ3) is 5.88. The van der Waals surface area contributed by atoms with E-state index in [2.05, 4.69) is 18.0 Å². The highest BCUT2D eigenvalue weighted by molar-refractivity contribution is 6.02. The van der Waals surface area contributed by atoms with Gasteiger partial charge in [0.15, 0.2) is 0 Å². The van der Waals surface area contributed by atoms with Crippen LogP contribution in [-0.4, -0.2) is 28.3 Å². The maximum atomic E-state index is 12.9. The highest BCUT2D eigenvalue weighted by Crippen LogP contribution is 2.31. The third-order valence-corrected chi connectivity index (χ3v) is 6.19. The molecule has 0 radical (unpaired) electrons. The average Bonchev–Trinajstić information content (AvgIpc) is 3.30. The molecule has 1 aromatic heterocycles. The van der Waals surface area contributed by atoms with Gasteiger partial charge in [-0.15, -0.1) is 0 Å².